The normalized spacial score (nSPS) is 9.83. The predicted octanol–water partition coefficient (Wildman–Crippen LogP) is 1.62. The van der Waals surface area contributed by atoms with E-state index in [1.807, 2.05) is 0 Å². The molecule has 2 N–H and O–H groups in total. The predicted molar refractivity (Wildman–Crippen MR) is 65.1 cm³/mol. The zero-order valence-corrected chi connectivity index (χ0v) is 10.7. The molecule has 0 aliphatic rings. The molecule has 18 heavy (non-hydrogen) atoms. The molecule has 0 aromatic carbocycles. The average Bonchev–Trinajstić information content (AvgIpc) is 2.26. The number of carboxylic acid groups (broad SMARTS) is 2. The molecule has 0 amide bonds. The molecule has 0 fully saturated rings. The van der Waals surface area contributed by atoms with E-state index in [-0.39, 0.29) is 17.6 Å². The molecule has 0 saturated heterocycles. The molecule has 0 aromatic rings. The smallest absolute Gasteiger partial charge is 0.330 e. The molecule has 0 spiro atoms. The van der Waals surface area contributed by atoms with Gasteiger partial charge in [0.25, 0.3) is 0 Å². The second-order valence-corrected chi connectivity index (χ2v) is 3.29. The van der Waals surface area contributed by atoms with Gasteiger partial charge in [0, 0.05) is 11.1 Å². The Morgan fingerprint density at radius 3 is 1.89 bits per heavy atom. The number of carbonyl (C=O) groups is 3. The van der Waals surface area contributed by atoms with Crippen LogP contribution in [-0.2, 0) is 19.1 Å². The van der Waals surface area contributed by atoms with Gasteiger partial charge >= 0.3 is 17.9 Å². The van der Waals surface area contributed by atoms with Crippen LogP contribution >= 0.6 is 0 Å². The fourth-order valence-corrected chi connectivity index (χ4v) is 0.544. The minimum atomic E-state index is -1.01. The monoisotopic (exact) mass is 258 g/mol. The molecule has 0 bridgehead atoms. The van der Waals surface area contributed by atoms with Crippen molar-refractivity contribution in [3.05, 3.63) is 23.8 Å². The number of rotatable bonds is 5. The van der Waals surface area contributed by atoms with Gasteiger partial charge in [-0.1, -0.05) is 12.7 Å². The Kier molecular flexibility index (Phi) is 10.2. The summed E-state index contributed by atoms with van der Waals surface area (Å²) in [5.74, 6) is -2.35. The molecular formula is C12H18O6. The summed E-state index contributed by atoms with van der Waals surface area (Å²) in [6.45, 7) is 8.05. The zero-order valence-electron chi connectivity index (χ0n) is 10.7. The van der Waals surface area contributed by atoms with E-state index in [0.29, 0.717) is 6.61 Å². The minimum Gasteiger partial charge on any atom is -0.478 e. The molecule has 0 aromatic heterocycles. The Labute approximate surface area is 106 Å². The molecule has 0 atom stereocenters. The van der Waals surface area contributed by atoms with Gasteiger partial charge in [-0.25, -0.2) is 9.59 Å². The highest BCUT2D eigenvalue weighted by molar-refractivity contribution is 5.86. The number of aliphatic carboxylic acids is 2. The van der Waals surface area contributed by atoms with Gasteiger partial charge in [-0.2, -0.15) is 0 Å². The molecule has 0 radical (unpaired) electrons. The van der Waals surface area contributed by atoms with Crippen LogP contribution in [0.5, 0.6) is 0 Å². The fourth-order valence-electron chi connectivity index (χ4n) is 0.544. The van der Waals surface area contributed by atoms with E-state index in [1.54, 1.807) is 6.92 Å². The number of hydrogen-bond acceptors (Lipinski definition) is 4. The van der Waals surface area contributed by atoms with Gasteiger partial charge in [0.2, 0.25) is 0 Å². The van der Waals surface area contributed by atoms with E-state index in [9.17, 15) is 14.4 Å². The maximum atomic E-state index is 10.7. The lowest BCUT2D eigenvalue weighted by molar-refractivity contribution is -0.142. The topological polar surface area (TPSA) is 101 Å². The summed E-state index contributed by atoms with van der Waals surface area (Å²) in [6, 6.07) is 0. The molecule has 0 saturated carbocycles. The van der Waals surface area contributed by atoms with Crippen LogP contribution in [0.1, 0.15) is 27.2 Å². The van der Waals surface area contributed by atoms with Gasteiger partial charge < -0.3 is 14.9 Å². The summed E-state index contributed by atoms with van der Waals surface area (Å²) in [5, 5.41) is 16.3. The van der Waals surface area contributed by atoms with Crippen molar-refractivity contribution in [2.24, 2.45) is 0 Å². The Bertz CT molecular complexity index is 342. The Morgan fingerprint density at radius 2 is 1.61 bits per heavy atom. The highest BCUT2D eigenvalue weighted by Gasteiger charge is 2.02. The van der Waals surface area contributed by atoms with Crippen molar-refractivity contribution in [3.8, 4) is 0 Å². The standard InChI is InChI=1S/C8H12O4.C4H6O2/c1-3-12-7(9)5-4-6(2)8(10)11;1-3(2)4(5)6/h4H,3,5H2,1-2H3,(H,10,11);1H2,2H3,(H,5,6). The summed E-state index contributed by atoms with van der Waals surface area (Å²) in [6.07, 6.45) is 1.35. The lowest BCUT2D eigenvalue weighted by Gasteiger charge is -1.97. The second-order valence-electron chi connectivity index (χ2n) is 3.29. The first-order valence-corrected chi connectivity index (χ1v) is 5.16. The highest BCUT2D eigenvalue weighted by atomic mass is 16.5. The maximum absolute atomic E-state index is 10.7. The van der Waals surface area contributed by atoms with Crippen LogP contribution in [0.2, 0.25) is 0 Å². The number of esters is 1. The average molecular weight is 258 g/mol. The van der Waals surface area contributed by atoms with E-state index < -0.39 is 17.9 Å². The van der Waals surface area contributed by atoms with E-state index in [2.05, 4.69) is 11.3 Å². The van der Waals surface area contributed by atoms with E-state index in [0.717, 1.165) is 0 Å². The second kappa shape index (κ2) is 10.1. The number of hydrogen-bond donors (Lipinski definition) is 2. The third-order valence-electron chi connectivity index (χ3n) is 1.58. The summed E-state index contributed by atoms with van der Waals surface area (Å²) in [7, 11) is 0. The molecule has 0 rings (SSSR count). The molecular weight excluding hydrogens is 240 g/mol. The van der Waals surface area contributed by atoms with E-state index in [4.69, 9.17) is 10.2 Å². The van der Waals surface area contributed by atoms with Crippen LogP contribution in [0, 0.1) is 0 Å². The van der Waals surface area contributed by atoms with Gasteiger partial charge in [-0.05, 0) is 20.8 Å². The molecule has 0 unspecified atom stereocenters. The summed E-state index contributed by atoms with van der Waals surface area (Å²) >= 11 is 0. The highest BCUT2D eigenvalue weighted by Crippen LogP contribution is 1.96. The third kappa shape index (κ3) is 12.0. The van der Waals surface area contributed by atoms with Crippen molar-refractivity contribution in [2.75, 3.05) is 6.61 Å². The minimum absolute atomic E-state index is 0.0198. The Morgan fingerprint density at radius 1 is 1.17 bits per heavy atom. The lowest BCUT2D eigenvalue weighted by Crippen LogP contribution is -2.03. The largest absolute Gasteiger partial charge is 0.478 e. The molecule has 6 nitrogen and oxygen atoms in total. The zero-order chi connectivity index (χ0) is 14.7. The van der Waals surface area contributed by atoms with Crippen LogP contribution in [0.15, 0.2) is 23.8 Å². The number of ether oxygens (including phenoxy) is 1. The van der Waals surface area contributed by atoms with Gasteiger partial charge in [-0.15, -0.1) is 0 Å². The van der Waals surface area contributed by atoms with Crippen LogP contribution in [-0.4, -0.2) is 34.7 Å². The van der Waals surface area contributed by atoms with E-state index >= 15 is 0 Å². The van der Waals surface area contributed by atoms with Crippen LogP contribution in [0.25, 0.3) is 0 Å². The molecule has 102 valence electrons. The van der Waals surface area contributed by atoms with Crippen LogP contribution < -0.4 is 0 Å². The van der Waals surface area contributed by atoms with Gasteiger partial charge in [0.05, 0.1) is 13.0 Å². The maximum Gasteiger partial charge on any atom is 0.330 e. The quantitative estimate of drug-likeness (QED) is 0.574. The molecule has 6 heteroatoms. The van der Waals surface area contributed by atoms with Crippen molar-refractivity contribution < 1.29 is 29.3 Å². The third-order valence-corrected chi connectivity index (χ3v) is 1.58. The van der Waals surface area contributed by atoms with Crippen molar-refractivity contribution >= 4 is 17.9 Å². The Hall–Kier alpha value is -2.11. The van der Waals surface area contributed by atoms with Gasteiger partial charge in [0.1, 0.15) is 0 Å². The van der Waals surface area contributed by atoms with Crippen LogP contribution in [0.3, 0.4) is 0 Å². The van der Waals surface area contributed by atoms with Crippen molar-refractivity contribution in [1.82, 2.24) is 0 Å². The van der Waals surface area contributed by atoms with Crippen molar-refractivity contribution in [1.29, 1.82) is 0 Å². The number of carboxylic acids is 2. The van der Waals surface area contributed by atoms with Crippen LogP contribution in [0.4, 0.5) is 0 Å². The first-order chi connectivity index (χ1) is 8.22. The molecule has 0 aliphatic heterocycles. The van der Waals surface area contributed by atoms with Crippen molar-refractivity contribution in [2.45, 2.75) is 27.2 Å². The Balaban J connectivity index is 0. The fraction of sp³-hybridized carbons (Fsp3) is 0.417. The van der Waals surface area contributed by atoms with Gasteiger partial charge in [0.15, 0.2) is 0 Å². The number of carbonyl (C=O) groups excluding carboxylic acids is 1. The lowest BCUT2D eigenvalue weighted by atomic mass is 10.2. The summed E-state index contributed by atoms with van der Waals surface area (Å²) < 4.78 is 4.60. The molecule has 0 heterocycles. The first-order valence-electron chi connectivity index (χ1n) is 5.16. The SMILES string of the molecule is C=C(C)C(=O)O.CCOC(=O)CC=C(C)C(=O)O. The van der Waals surface area contributed by atoms with E-state index in [1.165, 1.54) is 19.9 Å². The summed E-state index contributed by atoms with van der Waals surface area (Å²) in [5.41, 5.74) is 0.332. The van der Waals surface area contributed by atoms with Crippen molar-refractivity contribution in [3.63, 3.8) is 0 Å². The molecule has 0 aliphatic carbocycles. The first kappa shape index (κ1) is 18.3. The summed E-state index contributed by atoms with van der Waals surface area (Å²) in [4.78, 5) is 30.6. The van der Waals surface area contributed by atoms with Gasteiger partial charge in [-0.3, -0.25) is 4.79 Å².